The number of methoxy groups -OCH3 is 2. The molecule has 0 fully saturated rings. The molecule has 1 amide bonds. The maximum Gasteiger partial charge on any atom is 0.271 e. The van der Waals surface area contributed by atoms with Crippen LogP contribution in [0.15, 0.2) is 48.0 Å². The van der Waals surface area contributed by atoms with Crippen LogP contribution in [0, 0.1) is 21.4 Å². The lowest BCUT2D eigenvalue weighted by Crippen LogP contribution is -2.13. The number of anilines is 1. The molecule has 0 radical (unpaired) electrons. The number of benzene rings is 2. The minimum Gasteiger partial charge on any atom is -0.497 e. The van der Waals surface area contributed by atoms with E-state index in [1.807, 2.05) is 6.07 Å². The molecule has 2 rings (SSSR count). The Bertz CT molecular complexity index is 915. The van der Waals surface area contributed by atoms with Crippen LogP contribution in [-0.4, -0.2) is 25.1 Å². The number of nitro benzene ring substituents is 1. The van der Waals surface area contributed by atoms with E-state index in [-0.39, 0.29) is 16.9 Å². The van der Waals surface area contributed by atoms with E-state index in [9.17, 15) is 20.2 Å². The molecule has 0 aromatic heterocycles. The van der Waals surface area contributed by atoms with Crippen LogP contribution >= 0.6 is 0 Å². The summed E-state index contributed by atoms with van der Waals surface area (Å²) in [6.45, 7) is 0. The molecule has 0 unspecified atom stereocenters. The van der Waals surface area contributed by atoms with E-state index in [1.165, 1.54) is 44.6 Å². The van der Waals surface area contributed by atoms with E-state index < -0.39 is 10.8 Å². The lowest BCUT2D eigenvalue weighted by atomic mass is 10.1. The summed E-state index contributed by atoms with van der Waals surface area (Å²) >= 11 is 0. The number of ether oxygens (including phenoxy) is 2. The van der Waals surface area contributed by atoms with Crippen molar-refractivity contribution < 1.29 is 19.2 Å². The molecule has 0 saturated heterocycles. The van der Waals surface area contributed by atoms with Gasteiger partial charge in [0.05, 0.1) is 19.1 Å². The van der Waals surface area contributed by atoms with E-state index in [2.05, 4.69) is 5.32 Å². The van der Waals surface area contributed by atoms with Crippen LogP contribution in [0.5, 0.6) is 11.5 Å². The maximum atomic E-state index is 12.3. The normalized spacial score (nSPS) is 10.6. The third-order valence-electron chi connectivity index (χ3n) is 3.42. The van der Waals surface area contributed by atoms with Crippen molar-refractivity contribution >= 4 is 23.4 Å². The van der Waals surface area contributed by atoms with E-state index >= 15 is 0 Å². The van der Waals surface area contributed by atoms with Gasteiger partial charge in [0.1, 0.15) is 23.1 Å². The van der Waals surface area contributed by atoms with E-state index in [0.29, 0.717) is 17.1 Å². The number of rotatable bonds is 6. The molecule has 0 saturated carbocycles. The van der Waals surface area contributed by atoms with Gasteiger partial charge in [-0.25, -0.2) is 0 Å². The highest BCUT2D eigenvalue weighted by Gasteiger charge is 2.13. The monoisotopic (exact) mass is 353 g/mol. The first-order chi connectivity index (χ1) is 12.5. The number of carbonyl (C=O) groups excluding carboxylic acids is 1. The molecule has 0 aliphatic carbocycles. The predicted molar refractivity (Wildman–Crippen MR) is 94.9 cm³/mol. The van der Waals surface area contributed by atoms with Crippen LogP contribution < -0.4 is 14.8 Å². The molecule has 0 heterocycles. The first kappa shape index (κ1) is 18.5. The fourth-order valence-electron chi connectivity index (χ4n) is 2.14. The maximum absolute atomic E-state index is 12.3. The first-order valence-electron chi connectivity index (χ1n) is 7.38. The highest BCUT2D eigenvalue weighted by molar-refractivity contribution is 6.09. The number of hydrogen-bond donors (Lipinski definition) is 1. The van der Waals surface area contributed by atoms with Crippen molar-refractivity contribution in [2.24, 2.45) is 0 Å². The van der Waals surface area contributed by atoms with Crippen molar-refractivity contribution in [3.8, 4) is 17.6 Å². The Balaban J connectivity index is 2.29. The quantitative estimate of drug-likeness (QED) is 0.369. The molecule has 0 bridgehead atoms. The minimum atomic E-state index is -0.689. The van der Waals surface area contributed by atoms with Gasteiger partial charge in [-0.1, -0.05) is 6.07 Å². The summed E-state index contributed by atoms with van der Waals surface area (Å²) in [6, 6.07) is 12.2. The predicted octanol–water partition coefficient (Wildman–Crippen LogP) is 3.16. The number of non-ortho nitro benzene ring substituents is 1. The first-order valence-corrected chi connectivity index (χ1v) is 7.38. The topological polar surface area (TPSA) is 114 Å². The molecule has 26 heavy (non-hydrogen) atoms. The smallest absolute Gasteiger partial charge is 0.271 e. The summed E-state index contributed by atoms with van der Waals surface area (Å²) in [5.74, 6) is 0.310. The number of amides is 1. The Morgan fingerprint density at radius 3 is 2.62 bits per heavy atom. The summed E-state index contributed by atoms with van der Waals surface area (Å²) in [7, 11) is 2.97. The van der Waals surface area contributed by atoms with E-state index in [4.69, 9.17) is 9.47 Å². The molecule has 2 aromatic carbocycles. The van der Waals surface area contributed by atoms with Crippen molar-refractivity contribution in [1.29, 1.82) is 5.26 Å². The van der Waals surface area contributed by atoms with Gasteiger partial charge in [0, 0.05) is 29.4 Å². The second-order valence-corrected chi connectivity index (χ2v) is 5.04. The summed E-state index contributed by atoms with van der Waals surface area (Å²) in [4.78, 5) is 22.5. The Morgan fingerprint density at radius 1 is 1.23 bits per heavy atom. The third-order valence-corrected chi connectivity index (χ3v) is 3.42. The number of nitriles is 1. The number of hydrogen-bond acceptors (Lipinski definition) is 6. The van der Waals surface area contributed by atoms with Crippen LogP contribution in [0.1, 0.15) is 5.56 Å². The lowest BCUT2D eigenvalue weighted by molar-refractivity contribution is -0.384. The molecule has 1 N–H and O–H groups in total. The highest BCUT2D eigenvalue weighted by atomic mass is 16.6. The van der Waals surface area contributed by atoms with Gasteiger partial charge >= 0.3 is 0 Å². The second kappa shape index (κ2) is 8.30. The van der Waals surface area contributed by atoms with Crippen LogP contribution in [0.4, 0.5) is 11.4 Å². The zero-order valence-corrected chi connectivity index (χ0v) is 14.1. The van der Waals surface area contributed by atoms with Gasteiger partial charge in [-0.15, -0.1) is 0 Å². The molecular formula is C18H15N3O5. The molecule has 0 spiro atoms. The van der Waals surface area contributed by atoms with E-state index in [0.717, 1.165) is 0 Å². The number of carbonyl (C=O) groups is 1. The Hall–Kier alpha value is -3.86. The molecular weight excluding hydrogens is 338 g/mol. The Kier molecular flexibility index (Phi) is 5.90. The summed E-state index contributed by atoms with van der Waals surface area (Å²) in [5.41, 5.74) is 0.383. The van der Waals surface area contributed by atoms with Crippen molar-refractivity contribution in [2.45, 2.75) is 0 Å². The van der Waals surface area contributed by atoms with Crippen LogP contribution in [0.2, 0.25) is 0 Å². The number of nitrogens with one attached hydrogen (secondary N) is 1. The molecule has 2 aromatic rings. The standard InChI is InChI=1S/C18H15N3O5/c1-25-16-7-6-12(17(10-16)26-2)8-13(11-19)18(22)20-14-4-3-5-15(9-14)21(23)24/h3-10H,1-2H3,(H,20,22)/b13-8+. The Labute approximate surface area is 149 Å². The van der Waals surface area contributed by atoms with Gasteiger partial charge in [-0.05, 0) is 24.3 Å². The number of nitrogens with zero attached hydrogens (tertiary/aromatic N) is 2. The Morgan fingerprint density at radius 2 is 2.00 bits per heavy atom. The molecule has 0 aliphatic heterocycles. The fourth-order valence-corrected chi connectivity index (χ4v) is 2.14. The van der Waals surface area contributed by atoms with Crippen molar-refractivity contribution in [3.05, 3.63) is 63.7 Å². The second-order valence-electron chi connectivity index (χ2n) is 5.04. The minimum absolute atomic E-state index is 0.165. The van der Waals surface area contributed by atoms with Crippen molar-refractivity contribution in [3.63, 3.8) is 0 Å². The number of nitro groups is 1. The molecule has 8 heteroatoms. The van der Waals surface area contributed by atoms with Crippen LogP contribution in [0.25, 0.3) is 6.08 Å². The van der Waals surface area contributed by atoms with Gasteiger partial charge in [-0.2, -0.15) is 5.26 Å². The zero-order valence-electron chi connectivity index (χ0n) is 14.1. The van der Waals surface area contributed by atoms with Gasteiger partial charge in [0.2, 0.25) is 0 Å². The third kappa shape index (κ3) is 4.36. The van der Waals surface area contributed by atoms with Crippen LogP contribution in [-0.2, 0) is 4.79 Å². The average Bonchev–Trinajstić information content (AvgIpc) is 2.66. The summed E-state index contributed by atoms with van der Waals surface area (Å²) in [6.07, 6.45) is 1.37. The van der Waals surface area contributed by atoms with Crippen molar-refractivity contribution in [2.75, 3.05) is 19.5 Å². The average molecular weight is 353 g/mol. The summed E-state index contributed by atoms with van der Waals surface area (Å²) in [5, 5.41) is 22.6. The zero-order chi connectivity index (χ0) is 19.1. The molecule has 0 atom stereocenters. The largest absolute Gasteiger partial charge is 0.497 e. The molecule has 8 nitrogen and oxygen atoms in total. The summed E-state index contributed by atoms with van der Waals surface area (Å²) < 4.78 is 10.3. The SMILES string of the molecule is COc1ccc(/C=C(\C#N)C(=O)Nc2cccc([N+](=O)[O-])c2)c(OC)c1. The van der Waals surface area contributed by atoms with Gasteiger partial charge in [-0.3, -0.25) is 14.9 Å². The van der Waals surface area contributed by atoms with Gasteiger partial charge in [0.25, 0.3) is 11.6 Å². The van der Waals surface area contributed by atoms with Crippen LogP contribution in [0.3, 0.4) is 0 Å². The van der Waals surface area contributed by atoms with Gasteiger partial charge < -0.3 is 14.8 Å². The molecule has 132 valence electrons. The van der Waals surface area contributed by atoms with Gasteiger partial charge in [0.15, 0.2) is 0 Å². The van der Waals surface area contributed by atoms with E-state index in [1.54, 1.807) is 18.2 Å². The van der Waals surface area contributed by atoms with Crippen molar-refractivity contribution in [1.82, 2.24) is 0 Å². The lowest BCUT2D eigenvalue weighted by Gasteiger charge is -2.08. The fraction of sp³-hybridized carbons (Fsp3) is 0.111. The highest BCUT2D eigenvalue weighted by Crippen LogP contribution is 2.27. The molecule has 0 aliphatic rings.